The highest BCUT2D eigenvalue weighted by atomic mass is 32.2. The largest absolute Gasteiger partial charge is 0.325 e. The van der Waals surface area contributed by atoms with Gasteiger partial charge in [0.2, 0.25) is 5.91 Å². The first-order valence-corrected chi connectivity index (χ1v) is 11.8. The molecule has 0 bridgehead atoms. The van der Waals surface area contributed by atoms with E-state index in [9.17, 15) is 4.79 Å². The van der Waals surface area contributed by atoms with E-state index in [0.717, 1.165) is 28.7 Å². The number of carbonyl (C=O) groups excluding carboxylic acids is 1. The van der Waals surface area contributed by atoms with Crippen molar-refractivity contribution >= 4 is 35.1 Å². The van der Waals surface area contributed by atoms with Crippen LogP contribution in [0.25, 0.3) is 0 Å². The van der Waals surface area contributed by atoms with Gasteiger partial charge in [-0.3, -0.25) is 4.79 Å². The molecule has 0 atom stereocenters. The minimum atomic E-state index is -0.0513. The summed E-state index contributed by atoms with van der Waals surface area (Å²) in [6.45, 7) is 8.61. The summed E-state index contributed by atoms with van der Waals surface area (Å²) in [5, 5.41) is 12.4. The normalized spacial score (nSPS) is 10.7. The summed E-state index contributed by atoms with van der Waals surface area (Å²) in [6.07, 6.45) is 2.70. The summed E-state index contributed by atoms with van der Waals surface area (Å²) in [5.41, 5.74) is 3.24. The number of aromatic nitrogens is 3. The van der Waals surface area contributed by atoms with Gasteiger partial charge in [0.1, 0.15) is 5.82 Å². The van der Waals surface area contributed by atoms with Gasteiger partial charge in [0, 0.05) is 17.1 Å². The second-order valence-corrected chi connectivity index (χ2v) is 8.74. The maximum Gasteiger partial charge on any atom is 0.234 e. The fourth-order valence-corrected chi connectivity index (χ4v) is 4.50. The summed E-state index contributed by atoms with van der Waals surface area (Å²) in [7, 11) is 0. The van der Waals surface area contributed by atoms with E-state index in [-0.39, 0.29) is 11.7 Å². The zero-order valence-corrected chi connectivity index (χ0v) is 18.9. The number of aryl methyl sites for hydroxylation is 2. The van der Waals surface area contributed by atoms with Crippen molar-refractivity contribution in [2.24, 2.45) is 0 Å². The molecule has 1 N–H and O–H groups in total. The Labute approximate surface area is 186 Å². The first-order chi connectivity index (χ1) is 14.6. The molecule has 0 spiro atoms. The number of hydrogen-bond donors (Lipinski definition) is 1. The lowest BCUT2D eigenvalue weighted by Crippen LogP contribution is -2.16. The Bertz CT molecular complexity index is 999. The SMILES string of the molecule is C=CCn1c(CSc2ccc(C)cc2)nnc1SCC(=O)Nc1ccccc1CC. The van der Waals surface area contributed by atoms with Crippen LogP contribution in [-0.2, 0) is 23.5 Å². The zero-order chi connectivity index (χ0) is 21.3. The zero-order valence-electron chi connectivity index (χ0n) is 17.3. The van der Waals surface area contributed by atoms with Crippen molar-refractivity contribution in [3.63, 3.8) is 0 Å². The van der Waals surface area contributed by atoms with Crippen molar-refractivity contribution in [1.29, 1.82) is 0 Å². The lowest BCUT2D eigenvalue weighted by atomic mass is 10.1. The van der Waals surface area contributed by atoms with Crippen LogP contribution in [-0.4, -0.2) is 26.4 Å². The van der Waals surface area contributed by atoms with Crippen LogP contribution in [0.4, 0.5) is 5.69 Å². The van der Waals surface area contributed by atoms with Gasteiger partial charge in [0.15, 0.2) is 5.16 Å². The highest BCUT2D eigenvalue weighted by Crippen LogP contribution is 2.25. The predicted octanol–water partition coefficient (Wildman–Crippen LogP) is 5.36. The second kappa shape index (κ2) is 11.0. The fourth-order valence-electron chi connectivity index (χ4n) is 2.89. The molecule has 30 heavy (non-hydrogen) atoms. The van der Waals surface area contributed by atoms with Gasteiger partial charge in [-0.25, -0.2) is 0 Å². The van der Waals surface area contributed by atoms with Crippen molar-refractivity contribution in [2.75, 3.05) is 11.1 Å². The Morgan fingerprint density at radius 3 is 2.63 bits per heavy atom. The molecule has 1 amide bonds. The third-order valence-electron chi connectivity index (χ3n) is 4.50. The Morgan fingerprint density at radius 2 is 1.90 bits per heavy atom. The Hall–Kier alpha value is -2.51. The van der Waals surface area contributed by atoms with Gasteiger partial charge in [-0.1, -0.05) is 60.7 Å². The van der Waals surface area contributed by atoms with Crippen molar-refractivity contribution < 1.29 is 4.79 Å². The third-order valence-corrected chi connectivity index (χ3v) is 6.47. The van der Waals surface area contributed by atoms with Gasteiger partial charge in [-0.05, 0) is 37.1 Å². The number of anilines is 1. The second-order valence-electron chi connectivity index (χ2n) is 6.75. The summed E-state index contributed by atoms with van der Waals surface area (Å²) in [5.74, 6) is 1.81. The van der Waals surface area contributed by atoms with Crippen molar-refractivity contribution in [1.82, 2.24) is 14.8 Å². The van der Waals surface area contributed by atoms with Crippen LogP contribution in [0.1, 0.15) is 23.9 Å². The van der Waals surface area contributed by atoms with Gasteiger partial charge in [0.25, 0.3) is 0 Å². The topological polar surface area (TPSA) is 59.8 Å². The molecule has 1 heterocycles. The van der Waals surface area contributed by atoms with E-state index in [1.165, 1.54) is 22.2 Å². The molecular weight excluding hydrogens is 412 g/mol. The molecule has 0 unspecified atom stereocenters. The first kappa shape index (κ1) is 22.2. The van der Waals surface area contributed by atoms with Crippen LogP contribution < -0.4 is 5.32 Å². The highest BCUT2D eigenvalue weighted by Gasteiger charge is 2.14. The van der Waals surface area contributed by atoms with Crippen LogP contribution in [0, 0.1) is 6.92 Å². The molecule has 1 aromatic heterocycles. The Morgan fingerprint density at radius 1 is 1.13 bits per heavy atom. The number of thioether (sulfide) groups is 2. The number of allylic oxidation sites excluding steroid dienone is 1. The van der Waals surface area contributed by atoms with Crippen LogP contribution in [0.15, 0.2) is 71.2 Å². The first-order valence-electron chi connectivity index (χ1n) is 9.83. The summed E-state index contributed by atoms with van der Waals surface area (Å²) < 4.78 is 2.02. The predicted molar refractivity (Wildman–Crippen MR) is 126 cm³/mol. The summed E-state index contributed by atoms with van der Waals surface area (Å²) in [6, 6.07) is 16.3. The van der Waals surface area contributed by atoms with E-state index in [2.05, 4.69) is 60.2 Å². The molecule has 156 valence electrons. The summed E-state index contributed by atoms with van der Waals surface area (Å²) >= 11 is 3.11. The number of para-hydroxylation sites is 1. The molecule has 3 aromatic rings. The minimum Gasteiger partial charge on any atom is -0.325 e. The average molecular weight is 439 g/mol. The van der Waals surface area contributed by atoms with Crippen molar-refractivity contribution in [3.05, 3.63) is 78.1 Å². The van der Waals surface area contributed by atoms with Gasteiger partial charge >= 0.3 is 0 Å². The van der Waals surface area contributed by atoms with Crippen LogP contribution in [0.2, 0.25) is 0 Å². The van der Waals surface area contributed by atoms with Gasteiger partial charge in [-0.2, -0.15) is 0 Å². The molecule has 7 heteroatoms. The number of amides is 1. The van der Waals surface area contributed by atoms with Crippen LogP contribution >= 0.6 is 23.5 Å². The lowest BCUT2D eigenvalue weighted by Gasteiger charge is -2.10. The molecule has 0 aliphatic heterocycles. The fraction of sp³-hybridized carbons (Fsp3) is 0.261. The molecule has 3 rings (SSSR count). The van der Waals surface area contributed by atoms with Crippen LogP contribution in [0.3, 0.4) is 0 Å². The average Bonchev–Trinajstić information content (AvgIpc) is 3.14. The van der Waals surface area contributed by atoms with E-state index in [1.807, 2.05) is 34.9 Å². The van der Waals surface area contributed by atoms with Crippen molar-refractivity contribution in [2.45, 2.75) is 42.6 Å². The number of rotatable bonds is 10. The van der Waals surface area contributed by atoms with E-state index >= 15 is 0 Å². The van der Waals surface area contributed by atoms with E-state index in [4.69, 9.17) is 0 Å². The monoisotopic (exact) mass is 438 g/mol. The quantitative estimate of drug-likeness (QED) is 0.341. The molecule has 0 saturated heterocycles. The number of nitrogens with one attached hydrogen (secondary N) is 1. The summed E-state index contributed by atoms with van der Waals surface area (Å²) in [4.78, 5) is 13.6. The van der Waals surface area contributed by atoms with Gasteiger partial charge < -0.3 is 9.88 Å². The van der Waals surface area contributed by atoms with Gasteiger partial charge in [-0.15, -0.1) is 28.5 Å². The lowest BCUT2D eigenvalue weighted by molar-refractivity contribution is -0.113. The molecule has 5 nitrogen and oxygen atoms in total. The smallest absolute Gasteiger partial charge is 0.234 e. The molecule has 0 radical (unpaired) electrons. The maximum atomic E-state index is 12.5. The molecule has 0 saturated carbocycles. The van der Waals surface area contributed by atoms with Crippen LogP contribution in [0.5, 0.6) is 0 Å². The molecule has 0 aliphatic carbocycles. The minimum absolute atomic E-state index is 0.0513. The highest BCUT2D eigenvalue weighted by molar-refractivity contribution is 7.99. The standard InChI is InChI=1S/C23H26N4OS2/c1-4-14-27-21(15-29-19-12-10-17(3)11-13-19)25-26-23(27)30-16-22(28)24-20-9-7-6-8-18(20)5-2/h4,6-13H,1,5,14-16H2,2-3H3,(H,24,28). The molecular formula is C23H26N4OS2. The number of hydrogen-bond acceptors (Lipinski definition) is 5. The maximum absolute atomic E-state index is 12.5. The molecule has 2 aromatic carbocycles. The van der Waals surface area contributed by atoms with E-state index < -0.39 is 0 Å². The number of carbonyl (C=O) groups is 1. The number of nitrogens with zero attached hydrogens (tertiary/aromatic N) is 3. The number of benzene rings is 2. The van der Waals surface area contributed by atoms with Crippen molar-refractivity contribution in [3.8, 4) is 0 Å². The molecule has 0 aliphatic rings. The van der Waals surface area contributed by atoms with E-state index in [0.29, 0.717) is 12.3 Å². The third kappa shape index (κ3) is 6.00. The van der Waals surface area contributed by atoms with E-state index in [1.54, 1.807) is 11.8 Å². The van der Waals surface area contributed by atoms with Gasteiger partial charge in [0.05, 0.1) is 11.5 Å². The Kier molecular flexibility index (Phi) is 8.16. The Balaban J connectivity index is 1.62. The molecule has 0 fully saturated rings.